The maximum absolute atomic E-state index is 5.10. The van der Waals surface area contributed by atoms with E-state index in [4.69, 9.17) is 4.98 Å². The SMILES string of the molecule is CC1(C)c2ccccc2-c2c1n(-c1ccc(-c3nc4ccccc4n3-c3ccccc3)cc1)c1ccc(-c3ccccc3)cc21. The van der Waals surface area contributed by atoms with E-state index >= 15 is 0 Å². The summed E-state index contributed by atoms with van der Waals surface area (Å²) in [5.41, 5.74) is 14.4. The van der Waals surface area contributed by atoms with E-state index < -0.39 is 0 Å². The summed E-state index contributed by atoms with van der Waals surface area (Å²) in [6.45, 7) is 4.73. The summed E-state index contributed by atoms with van der Waals surface area (Å²) in [5, 5.41) is 1.29. The van der Waals surface area contributed by atoms with Crippen LogP contribution < -0.4 is 0 Å². The summed E-state index contributed by atoms with van der Waals surface area (Å²) >= 11 is 0. The van der Waals surface area contributed by atoms with E-state index in [0.717, 1.165) is 33.8 Å². The fourth-order valence-electron chi connectivity index (χ4n) is 7.43. The lowest BCUT2D eigenvalue weighted by atomic mass is 9.85. The van der Waals surface area contributed by atoms with Crippen molar-refractivity contribution in [2.75, 3.05) is 0 Å². The van der Waals surface area contributed by atoms with Gasteiger partial charge in [0.2, 0.25) is 0 Å². The molecule has 0 saturated carbocycles. The fraction of sp³-hybridized carbons (Fsp3) is 0.0714. The highest BCUT2D eigenvalue weighted by Crippen LogP contribution is 2.54. The first kappa shape index (κ1) is 25.8. The van der Waals surface area contributed by atoms with E-state index in [9.17, 15) is 0 Å². The minimum atomic E-state index is -0.155. The maximum Gasteiger partial charge on any atom is 0.145 e. The fourth-order valence-corrected chi connectivity index (χ4v) is 7.43. The van der Waals surface area contributed by atoms with Crippen LogP contribution in [0.25, 0.3) is 67.0 Å². The quantitative estimate of drug-likeness (QED) is 0.204. The molecule has 0 radical (unpaired) electrons. The highest BCUT2D eigenvalue weighted by atomic mass is 15.1. The summed E-state index contributed by atoms with van der Waals surface area (Å²) in [6, 6.07) is 54.4. The standard InChI is InChI=1S/C42H31N3/c1-42(2)35-18-10-9-17-33(35)39-34-27-30(28-13-5-3-6-14-28)23-26-37(34)44(40(39)42)32-24-21-29(22-25-32)41-43-36-19-11-12-20-38(36)45(41)31-15-7-4-8-16-31/h3-27H,1-2H3. The summed E-state index contributed by atoms with van der Waals surface area (Å²) in [5.74, 6) is 0.941. The summed E-state index contributed by atoms with van der Waals surface area (Å²) < 4.78 is 4.75. The molecule has 0 saturated heterocycles. The Balaban J connectivity index is 1.25. The third-order valence-electron chi connectivity index (χ3n) is 9.49. The van der Waals surface area contributed by atoms with Crippen molar-refractivity contribution in [1.82, 2.24) is 14.1 Å². The Kier molecular flexibility index (Phi) is 5.54. The van der Waals surface area contributed by atoms with Crippen molar-refractivity contribution in [1.29, 1.82) is 0 Å². The normalized spacial score (nSPS) is 13.3. The molecule has 0 amide bonds. The molecule has 3 heteroatoms. The van der Waals surface area contributed by atoms with Gasteiger partial charge in [-0.2, -0.15) is 0 Å². The van der Waals surface area contributed by atoms with Gasteiger partial charge in [0.15, 0.2) is 0 Å². The molecule has 0 aliphatic heterocycles. The van der Waals surface area contributed by atoms with Crippen molar-refractivity contribution in [2.24, 2.45) is 0 Å². The maximum atomic E-state index is 5.10. The van der Waals surface area contributed by atoms with Gasteiger partial charge in [-0.15, -0.1) is 0 Å². The predicted molar refractivity (Wildman–Crippen MR) is 186 cm³/mol. The first-order chi connectivity index (χ1) is 22.1. The van der Waals surface area contributed by atoms with E-state index in [2.05, 4.69) is 175 Å². The van der Waals surface area contributed by atoms with Crippen LogP contribution in [0.4, 0.5) is 0 Å². The largest absolute Gasteiger partial charge is 0.312 e. The lowest BCUT2D eigenvalue weighted by Gasteiger charge is -2.24. The number of imidazole rings is 1. The molecule has 45 heavy (non-hydrogen) atoms. The van der Waals surface area contributed by atoms with Gasteiger partial charge >= 0.3 is 0 Å². The Morgan fingerprint density at radius 2 is 1.16 bits per heavy atom. The second-order valence-corrected chi connectivity index (χ2v) is 12.5. The number of hydrogen-bond donors (Lipinski definition) is 0. The molecule has 0 atom stereocenters. The number of hydrogen-bond acceptors (Lipinski definition) is 1. The van der Waals surface area contributed by atoms with Crippen LogP contribution >= 0.6 is 0 Å². The van der Waals surface area contributed by atoms with Crippen molar-refractivity contribution in [2.45, 2.75) is 19.3 Å². The molecule has 2 heterocycles. The van der Waals surface area contributed by atoms with Crippen LogP contribution in [-0.2, 0) is 5.41 Å². The molecule has 214 valence electrons. The van der Waals surface area contributed by atoms with Crippen LogP contribution in [0.1, 0.15) is 25.1 Å². The van der Waals surface area contributed by atoms with Gasteiger partial charge < -0.3 is 4.57 Å². The zero-order chi connectivity index (χ0) is 30.1. The number of rotatable bonds is 4. The first-order valence-electron chi connectivity index (χ1n) is 15.6. The van der Waals surface area contributed by atoms with Gasteiger partial charge in [0.25, 0.3) is 0 Å². The molecule has 0 unspecified atom stereocenters. The molecular formula is C42H31N3. The zero-order valence-corrected chi connectivity index (χ0v) is 25.3. The number of nitrogens with zero attached hydrogens (tertiary/aromatic N) is 3. The van der Waals surface area contributed by atoms with Crippen LogP contribution in [0.3, 0.4) is 0 Å². The summed E-state index contributed by atoms with van der Waals surface area (Å²) in [7, 11) is 0. The van der Waals surface area contributed by atoms with Gasteiger partial charge in [0, 0.05) is 39.0 Å². The molecule has 0 N–H and O–H groups in total. The number of fused-ring (bicyclic) bond motifs is 6. The Morgan fingerprint density at radius 3 is 1.96 bits per heavy atom. The third kappa shape index (κ3) is 3.80. The third-order valence-corrected chi connectivity index (χ3v) is 9.49. The van der Waals surface area contributed by atoms with Crippen molar-refractivity contribution in [3.63, 3.8) is 0 Å². The topological polar surface area (TPSA) is 22.8 Å². The average molecular weight is 578 g/mol. The van der Waals surface area contributed by atoms with Gasteiger partial charge in [0.05, 0.1) is 16.6 Å². The molecule has 0 spiro atoms. The van der Waals surface area contributed by atoms with Crippen molar-refractivity contribution < 1.29 is 0 Å². The van der Waals surface area contributed by atoms with Crippen LogP contribution in [0, 0.1) is 0 Å². The highest BCUT2D eigenvalue weighted by Gasteiger charge is 2.40. The van der Waals surface area contributed by atoms with Gasteiger partial charge in [-0.05, 0) is 82.9 Å². The van der Waals surface area contributed by atoms with Crippen LogP contribution in [0.5, 0.6) is 0 Å². The molecule has 1 aliphatic carbocycles. The van der Waals surface area contributed by atoms with E-state index in [1.54, 1.807) is 0 Å². The lowest BCUT2D eigenvalue weighted by molar-refractivity contribution is 0.624. The second-order valence-electron chi connectivity index (χ2n) is 12.5. The van der Waals surface area contributed by atoms with Gasteiger partial charge in [-0.3, -0.25) is 4.57 Å². The molecule has 0 bridgehead atoms. The molecule has 9 rings (SSSR count). The zero-order valence-electron chi connectivity index (χ0n) is 25.3. The highest BCUT2D eigenvalue weighted by molar-refractivity contribution is 6.05. The molecule has 3 nitrogen and oxygen atoms in total. The molecule has 0 fully saturated rings. The average Bonchev–Trinajstić information content (AvgIpc) is 3.72. The van der Waals surface area contributed by atoms with E-state index in [1.807, 2.05) is 0 Å². The molecule has 1 aliphatic rings. The van der Waals surface area contributed by atoms with Gasteiger partial charge in [0.1, 0.15) is 5.82 Å². The monoisotopic (exact) mass is 577 g/mol. The number of benzene rings is 6. The minimum absolute atomic E-state index is 0.155. The minimum Gasteiger partial charge on any atom is -0.312 e. The Hall–Kier alpha value is -5.67. The number of para-hydroxylation sites is 3. The lowest BCUT2D eigenvalue weighted by Crippen LogP contribution is -2.19. The summed E-state index contributed by atoms with van der Waals surface area (Å²) in [4.78, 5) is 5.10. The molecule has 2 aromatic heterocycles. The van der Waals surface area contributed by atoms with Crippen LogP contribution in [-0.4, -0.2) is 14.1 Å². The van der Waals surface area contributed by atoms with Gasteiger partial charge in [-0.1, -0.05) is 105 Å². The Bertz CT molecular complexity index is 2370. The van der Waals surface area contributed by atoms with Gasteiger partial charge in [-0.25, -0.2) is 4.98 Å². The van der Waals surface area contributed by atoms with Crippen LogP contribution in [0.15, 0.2) is 152 Å². The Labute approximate surface area is 262 Å². The van der Waals surface area contributed by atoms with Crippen molar-refractivity contribution in [3.05, 3.63) is 163 Å². The Morgan fingerprint density at radius 1 is 0.511 bits per heavy atom. The molecular weight excluding hydrogens is 546 g/mol. The van der Waals surface area contributed by atoms with Crippen LogP contribution in [0.2, 0.25) is 0 Å². The second kappa shape index (κ2) is 9.67. The van der Waals surface area contributed by atoms with Crippen molar-refractivity contribution >= 4 is 21.9 Å². The van der Waals surface area contributed by atoms with Crippen molar-refractivity contribution in [3.8, 4) is 45.0 Å². The predicted octanol–water partition coefficient (Wildman–Crippen LogP) is 10.6. The smallest absolute Gasteiger partial charge is 0.145 e. The van der Waals surface area contributed by atoms with E-state index in [-0.39, 0.29) is 5.41 Å². The first-order valence-corrected chi connectivity index (χ1v) is 15.6. The molecule has 6 aromatic carbocycles. The van der Waals surface area contributed by atoms with E-state index in [1.165, 1.54) is 44.4 Å². The van der Waals surface area contributed by atoms with E-state index in [0.29, 0.717) is 0 Å². The molecule has 8 aromatic rings. The summed E-state index contributed by atoms with van der Waals surface area (Å²) in [6.07, 6.45) is 0. The number of aromatic nitrogens is 3.